The van der Waals surface area contributed by atoms with Crippen LogP contribution >= 0.6 is 0 Å². The molecule has 1 aromatic heterocycles. The van der Waals surface area contributed by atoms with Gasteiger partial charge in [0.1, 0.15) is 0 Å². The Morgan fingerprint density at radius 1 is 1.22 bits per heavy atom. The van der Waals surface area contributed by atoms with Crippen LogP contribution in [0.2, 0.25) is 0 Å². The van der Waals surface area contributed by atoms with E-state index >= 15 is 0 Å². The maximum Gasteiger partial charge on any atom is 0.0952 e. The Labute approximate surface area is 108 Å². The number of hydrogen-bond acceptors (Lipinski definition) is 2. The molecule has 1 unspecified atom stereocenters. The first kappa shape index (κ1) is 11.5. The third-order valence-electron chi connectivity index (χ3n) is 3.71. The molecule has 0 saturated carbocycles. The molecule has 0 spiro atoms. The molecule has 1 aliphatic rings. The number of hydrogen-bond donors (Lipinski definition) is 1. The van der Waals surface area contributed by atoms with Crippen molar-refractivity contribution in [3.05, 3.63) is 53.6 Å². The molecule has 2 heterocycles. The highest BCUT2D eigenvalue weighted by molar-refractivity contribution is 5.20. The van der Waals surface area contributed by atoms with Gasteiger partial charge in [0.05, 0.1) is 12.0 Å². The molecular formula is C15H19N3. The highest BCUT2D eigenvalue weighted by atomic mass is 15.1. The smallest absolute Gasteiger partial charge is 0.0952 e. The Hall–Kier alpha value is -1.61. The van der Waals surface area contributed by atoms with E-state index in [1.807, 2.05) is 6.33 Å². The normalized spacial score (nSPS) is 18.6. The summed E-state index contributed by atoms with van der Waals surface area (Å²) in [5, 5.41) is 0. The Kier molecular flexibility index (Phi) is 3.15. The SMILES string of the molecule is NC1CCc2c(CCc3ccccc3)ncn2C1. The molecule has 3 heteroatoms. The van der Waals surface area contributed by atoms with Gasteiger partial charge in [0, 0.05) is 18.3 Å². The van der Waals surface area contributed by atoms with Gasteiger partial charge in [0.2, 0.25) is 0 Å². The summed E-state index contributed by atoms with van der Waals surface area (Å²) in [6, 6.07) is 10.9. The molecule has 0 amide bonds. The van der Waals surface area contributed by atoms with Gasteiger partial charge in [-0.25, -0.2) is 4.98 Å². The lowest BCUT2D eigenvalue weighted by molar-refractivity contribution is 0.458. The van der Waals surface area contributed by atoms with Crippen molar-refractivity contribution in [2.45, 2.75) is 38.3 Å². The quantitative estimate of drug-likeness (QED) is 0.892. The van der Waals surface area contributed by atoms with Gasteiger partial charge in [0.15, 0.2) is 0 Å². The largest absolute Gasteiger partial charge is 0.333 e. The van der Waals surface area contributed by atoms with Crippen LogP contribution < -0.4 is 5.73 Å². The zero-order valence-corrected chi connectivity index (χ0v) is 10.5. The van der Waals surface area contributed by atoms with Crippen molar-refractivity contribution in [2.24, 2.45) is 5.73 Å². The van der Waals surface area contributed by atoms with Crippen molar-refractivity contribution < 1.29 is 0 Å². The number of aryl methyl sites for hydroxylation is 2. The maximum atomic E-state index is 5.98. The summed E-state index contributed by atoms with van der Waals surface area (Å²) in [4.78, 5) is 4.55. The summed E-state index contributed by atoms with van der Waals surface area (Å²) < 4.78 is 2.23. The molecule has 2 aromatic rings. The van der Waals surface area contributed by atoms with Crippen molar-refractivity contribution in [1.29, 1.82) is 0 Å². The molecule has 3 rings (SSSR count). The Balaban J connectivity index is 1.71. The van der Waals surface area contributed by atoms with Gasteiger partial charge in [-0.3, -0.25) is 0 Å². The zero-order chi connectivity index (χ0) is 12.4. The lowest BCUT2D eigenvalue weighted by Gasteiger charge is -2.21. The number of nitrogens with two attached hydrogens (primary N) is 1. The van der Waals surface area contributed by atoms with Crippen LogP contribution in [0.15, 0.2) is 36.7 Å². The Morgan fingerprint density at radius 2 is 2.06 bits per heavy atom. The molecule has 18 heavy (non-hydrogen) atoms. The molecule has 0 aliphatic carbocycles. The molecule has 0 fully saturated rings. The van der Waals surface area contributed by atoms with E-state index in [9.17, 15) is 0 Å². The van der Waals surface area contributed by atoms with Gasteiger partial charge in [-0.15, -0.1) is 0 Å². The van der Waals surface area contributed by atoms with E-state index in [1.54, 1.807) is 0 Å². The average Bonchev–Trinajstić information content (AvgIpc) is 2.80. The average molecular weight is 241 g/mol. The Morgan fingerprint density at radius 3 is 2.89 bits per heavy atom. The predicted octanol–water partition coefficient (Wildman–Crippen LogP) is 1.94. The molecule has 0 saturated heterocycles. The van der Waals surface area contributed by atoms with E-state index in [0.717, 1.165) is 32.2 Å². The molecule has 1 atom stereocenters. The van der Waals surface area contributed by atoms with Crippen molar-refractivity contribution in [3.63, 3.8) is 0 Å². The summed E-state index contributed by atoms with van der Waals surface area (Å²) in [5.74, 6) is 0. The van der Waals surface area contributed by atoms with Crippen LogP contribution in [0.3, 0.4) is 0 Å². The first-order valence-corrected chi connectivity index (χ1v) is 6.65. The summed E-state index contributed by atoms with van der Waals surface area (Å²) in [6.07, 6.45) is 6.21. The highest BCUT2D eigenvalue weighted by Gasteiger charge is 2.18. The second-order valence-electron chi connectivity index (χ2n) is 5.07. The number of rotatable bonds is 3. The fourth-order valence-corrected chi connectivity index (χ4v) is 2.68. The fraction of sp³-hybridized carbons (Fsp3) is 0.400. The minimum atomic E-state index is 0.300. The Bertz CT molecular complexity index is 516. The number of imidazole rings is 1. The van der Waals surface area contributed by atoms with Gasteiger partial charge in [-0.1, -0.05) is 30.3 Å². The van der Waals surface area contributed by atoms with Crippen LogP contribution in [0.4, 0.5) is 0 Å². The van der Waals surface area contributed by atoms with E-state index in [0.29, 0.717) is 6.04 Å². The second-order valence-corrected chi connectivity index (χ2v) is 5.07. The lowest BCUT2D eigenvalue weighted by atomic mass is 10.0. The molecule has 94 valence electrons. The van der Waals surface area contributed by atoms with Crippen LogP contribution in [0, 0.1) is 0 Å². The van der Waals surface area contributed by atoms with Gasteiger partial charge < -0.3 is 10.3 Å². The van der Waals surface area contributed by atoms with Gasteiger partial charge in [0.25, 0.3) is 0 Å². The maximum absolute atomic E-state index is 5.98. The first-order valence-electron chi connectivity index (χ1n) is 6.65. The molecule has 0 bridgehead atoms. The molecular weight excluding hydrogens is 222 g/mol. The van der Waals surface area contributed by atoms with Crippen molar-refractivity contribution in [3.8, 4) is 0 Å². The summed E-state index contributed by atoms with van der Waals surface area (Å²) >= 11 is 0. The van der Waals surface area contributed by atoms with Gasteiger partial charge in [-0.2, -0.15) is 0 Å². The molecule has 1 aliphatic heterocycles. The van der Waals surface area contributed by atoms with E-state index in [2.05, 4.69) is 39.9 Å². The van der Waals surface area contributed by atoms with Crippen LogP contribution in [-0.2, 0) is 25.8 Å². The number of benzene rings is 1. The van der Waals surface area contributed by atoms with E-state index in [4.69, 9.17) is 5.73 Å². The van der Waals surface area contributed by atoms with Crippen molar-refractivity contribution in [1.82, 2.24) is 9.55 Å². The number of nitrogens with zero attached hydrogens (tertiary/aromatic N) is 2. The lowest BCUT2D eigenvalue weighted by Crippen LogP contribution is -2.31. The zero-order valence-electron chi connectivity index (χ0n) is 10.5. The number of aromatic nitrogens is 2. The molecule has 2 N–H and O–H groups in total. The van der Waals surface area contributed by atoms with E-state index in [-0.39, 0.29) is 0 Å². The predicted molar refractivity (Wildman–Crippen MR) is 72.4 cm³/mol. The standard InChI is InChI=1S/C15H19N3/c16-13-7-9-15-14(17-11-18(15)10-13)8-6-12-4-2-1-3-5-12/h1-5,11,13H,6-10,16H2. The van der Waals surface area contributed by atoms with Crippen molar-refractivity contribution in [2.75, 3.05) is 0 Å². The highest BCUT2D eigenvalue weighted by Crippen LogP contribution is 2.18. The van der Waals surface area contributed by atoms with Crippen LogP contribution in [0.5, 0.6) is 0 Å². The van der Waals surface area contributed by atoms with Crippen LogP contribution in [0.1, 0.15) is 23.4 Å². The molecule has 3 nitrogen and oxygen atoms in total. The van der Waals surface area contributed by atoms with Gasteiger partial charge in [-0.05, 0) is 31.2 Å². The topological polar surface area (TPSA) is 43.8 Å². The third kappa shape index (κ3) is 2.31. The van der Waals surface area contributed by atoms with Crippen molar-refractivity contribution >= 4 is 0 Å². The molecule has 1 aromatic carbocycles. The van der Waals surface area contributed by atoms with E-state index < -0.39 is 0 Å². The second kappa shape index (κ2) is 4.94. The monoisotopic (exact) mass is 241 g/mol. The summed E-state index contributed by atoms with van der Waals surface area (Å²) in [7, 11) is 0. The summed E-state index contributed by atoms with van der Waals surface area (Å²) in [6.45, 7) is 0.924. The number of fused-ring (bicyclic) bond motifs is 1. The molecule has 0 radical (unpaired) electrons. The van der Waals surface area contributed by atoms with Gasteiger partial charge >= 0.3 is 0 Å². The first-order chi connectivity index (χ1) is 8.83. The summed E-state index contributed by atoms with van der Waals surface area (Å²) in [5.41, 5.74) is 10.0. The fourth-order valence-electron chi connectivity index (χ4n) is 2.68. The van der Waals surface area contributed by atoms with Crippen LogP contribution in [0.25, 0.3) is 0 Å². The van der Waals surface area contributed by atoms with Crippen LogP contribution in [-0.4, -0.2) is 15.6 Å². The minimum absolute atomic E-state index is 0.300. The third-order valence-corrected chi connectivity index (χ3v) is 3.71. The van der Waals surface area contributed by atoms with E-state index in [1.165, 1.54) is 17.0 Å². The minimum Gasteiger partial charge on any atom is -0.333 e.